The first kappa shape index (κ1) is 13.9. The highest BCUT2D eigenvalue weighted by atomic mass is 79.9. The minimum atomic E-state index is -0.430. The van der Waals surface area contributed by atoms with Gasteiger partial charge in [0.2, 0.25) is 0 Å². The van der Waals surface area contributed by atoms with Crippen LogP contribution in [0.4, 0.5) is 0 Å². The Morgan fingerprint density at radius 2 is 2.28 bits per heavy atom. The number of benzene rings is 1. The average Bonchev–Trinajstić information content (AvgIpc) is 2.35. The third-order valence-corrected chi connectivity index (χ3v) is 4.36. The molecule has 18 heavy (non-hydrogen) atoms. The summed E-state index contributed by atoms with van der Waals surface area (Å²) in [5.74, 6) is 0.206. The number of halogens is 1. The third-order valence-electron chi connectivity index (χ3n) is 3.39. The van der Waals surface area contributed by atoms with Gasteiger partial charge in [-0.2, -0.15) is 0 Å². The fraction of sp³-hybridized carbons (Fsp3) is 0.462. The maximum Gasteiger partial charge on any atom is 0.255 e. The summed E-state index contributed by atoms with van der Waals surface area (Å²) in [4.78, 5) is 14.8. The molecule has 1 aliphatic rings. The fourth-order valence-electron chi connectivity index (χ4n) is 2.08. The molecule has 2 rings (SSSR count). The molecule has 1 aromatic rings. The van der Waals surface area contributed by atoms with E-state index in [2.05, 4.69) is 28.6 Å². The number of likely N-dealkylation sites (tertiary alicyclic amines) is 1. The molecule has 1 fully saturated rings. The summed E-state index contributed by atoms with van der Waals surface area (Å²) in [6.07, 6.45) is 0.408. The first-order valence-electron chi connectivity index (χ1n) is 5.95. The number of aliphatic hydroxyl groups is 1. The minimum Gasteiger partial charge on any atom is -0.391 e. The van der Waals surface area contributed by atoms with E-state index in [1.54, 1.807) is 11.0 Å². The predicted molar refractivity (Wildman–Crippen MR) is 77.1 cm³/mol. The SMILES string of the molecule is CC1CCN(C(=O)c2cc(S)ccc2Br)CC1O. The molecular weight excluding hydrogens is 314 g/mol. The lowest BCUT2D eigenvalue weighted by molar-refractivity contribution is 0.0248. The zero-order chi connectivity index (χ0) is 13.3. The van der Waals surface area contributed by atoms with Gasteiger partial charge in [0.05, 0.1) is 11.7 Å². The van der Waals surface area contributed by atoms with Crippen LogP contribution < -0.4 is 0 Å². The van der Waals surface area contributed by atoms with E-state index in [9.17, 15) is 9.90 Å². The van der Waals surface area contributed by atoms with Crippen LogP contribution in [0.2, 0.25) is 0 Å². The van der Waals surface area contributed by atoms with Gasteiger partial charge in [0, 0.05) is 22.5 Å². The van der Waals surface area contributed by atoms with Gasteiger partial charge < -0.3 is 10.0 Å². The predicted octanol–water partition coefficient (Wildman–Crippen LogP) is 2.58. The number of piperidine rings is 1. The highest BCUT2D eigenvalue weighted by Crippen LogP contribution is 2.24. The average molecular weight is 330 g/mol. The Bertz CT molecular complexity index is 466. The van der Waals surface area contributed by atoms with Crippen LogP contribution in [0, 0.1) is 5.92 Å². The molecule has 3 nitrogen and oxygen atoms in total. The van der Waals surface area contributed by atoms with Crippen molar-refractivity contribution in [3.05, 3.63) is 28.2 Å². The van der Waals surface area contributed by atoms with Crippen molar-refractivity contribution in [2.75, 3.05) is 13.1 Å². The first-order valence-corrected chi connectivity index (χ1v) is 7.19. The molecule has 0 bridgehead atoms. The number of amides is 1. The largest absolute Gasteiger partial charge is 0.391 e. The van der Waals surface area contributed by atoms with Crippen molar-refractivity contribution in [1.82, 2.24) is 4.90 Å². The summed E-state index contributed by atoms with van der Waals surface area (Å²) >= 11 is 7.63. The highest BCUT2D eigenvalue weighted by Gasteiger charge is 2.28. The van der Waals surface area contributed by atoms with Crippen LogP contribution in [-0.2, 0) is 0 Å². The Morgan fingerprint density at radius 3 is 2.94 bits per heavy atom. The Balaban J connectivity index is 2.19. The Labute approximate surface area is 121 Å². The maximum atomic E-state index is 12.4. The smallest absolute Gasteiger partial charge is 0.255 e. The molecular formula is C13H16BrNO2S. The lowest BCUT2D eigenvalue weighted by atomic mass is 9.95. The van der Waals surface area contributed by atoms with E-state index < -0.39 is 6.10 Å². The molecule has 0 spiro atoms. The molecule has 0 aromatic heterocycles. The number of nitrogens with zero attached hydrogens (tertiary/aromatic N) is 1. The van der Waals surface area contributed by atoms with Gasteiger partial charge in [-0.15, -0.1) is 12.6 Å². The normalized spacial score (nSPS) is 24.1. The van der Waals surface area contributed by atoms with E-state index in [1.165, 1.54) is 0 Å². The van der Waals surface area contributed by atoms with Crippen molar-refractivity contribution < 1.29 is 9.90 Å². The van der Waals surface area contributed by atoms with Crippen LogP contribution in [0.25, 0.3) is 0 Å². The number of rotatable bonds is 1. The zero-order valence-electron chi connectivity index (χ0n) is 10.1. The van der Waals surface area contributed by atoms with Crippen LogP contribution in [0.5, 0.6) is 0 Å². The summed E-state index contributed by atoms with van der Waals surface area (Å²) in [5.41, 5.74) is 0.601. The third kappa shape index (κ3) is 2.90. The molecule has 1 aromatic carbocycles. The van der Waals surface area contributed by atoms with Crippen LogP contribution in [0.1, 0.15) is 23.7 Å². The second-order valence-electron chi connectivity index (χ2n) is 4.75. The summed E-state index contributed by atoms with van der Waals surface area (Å²) < 4.78 is 0.762. The Kier molecular flexibility index (Phi) is 4.35. The standard InChI is InChI=1S/C13H16BrNO2S/c1-8-4-5-15(7-12(8)16)13(17)10-6-9(18)2-3-11(10)14/h2-3,6,8,12,16,18H,4-5,7H2,1H3. The molecule has 0 aliphatic carbocycles. The number of carbonyl (C=O) groups excluding carboxylic acids is 1. The van der Waals surface area contributed by atoms with Crippen LogP contribution >= 0.6 is 28.6 Å². The summed E-state index contributed by atoms with van der Waals surface area (Å²) in [7, 11) is 0. The molecule has 1 N–H and O–H groups in total. The van der Waals surface area contributed by atoms with Gasteiger partial charge in [-0.25, -0.2) is 0 Å². The Hall–Kier alpha value is -0.520. The fourth-order valence-corrected chi connectivity index (χ4v) is 2.70. The number of aliphatic hydroxyl groups excluding tert-OH is 1. The van der Waals surface area contributed by atoms with Gasteiger partial charge in [-0.05, 0) is 46.5 Å². The molecule has 2 atom stereocenters. The lowest BCUT2D eigenvalue weighted by Gasteiger charge is -2.34. The monoisotopic (exact) mass is 329 g/mol. The van der Waals surface area contributed by atoms with Crippen molar-refractivity contribution >= 4 is 34.5 Å². The maximum absolute atomic E-state index is 12.4. The van der Waals surface area contributed by atoms with Gasteiger partial charge in [0.25, 0.3) is 5.91 Å². The van der Waals surface area contributed by atoms with E-state index >= 15 is 0 Å². The van der Waals surface area contributed by atoms with Gasteiger partial charge >= 0.3 is 0 Å². The van der Waals surface area contributed by atoms with Crippen molar-refractivity contribution in [2.45, 2.75) is 24.3 Å². The second kappa shape index (κ2) is 5.63. The van der Waals surface area contributed by atoms with Gasteiger partial charge in [0.15, 0.2) is 0 Å². The number of thiol groups is 1. The Morgan fingerprint density at radius 1 is 1.56 bits per heavy atom. The van der Waals surface area contributed by atoms with E-state index in [1.807, 2.05) is 19.1 Å². The van der Waals surface area contributed by atoms with E-state index in [-0.39, 0.29) is 11.8 Å². The lowest BCUT2D eigenvalue weighted by Crippen LogP contribution is -2.45. The highest BCUT2D eigenvalue weighted by molar-refractivity contribution is 9.10. The molecule has 5 heteroatoms. The van der Waals surface area contributed by atoms with Crippen LogP contribution in [0.3, 0.4) is 0 Å². The summed E-state index contributed by atoms with van der Waals surface area (Å²) in [6.45, 7) is 3.11. The molecule has 1 heterocycles. The molecule has 98 valence electrons. The summed E-state index contributed by atoms with van der Waals surface area (Å²) in [6, 6.07) is 5.40. The minimum absolute atomic E-state index is 0.0521. The van der Waals surface area contributed by atoms with E-state index in [4.69, 9.17) is 0 Å². The second-order valence-corrected chi connectivity index (χ2v) is 6.12. The number of carbonyl (C=O) groups is 1. The molecule has 1 saturated heterocycles. The van der Waals surface area contributed by atoms with E-state index in [0.717, 1.165) is 15.8 Å². The zero-order valence-corrected chi connectivity index (χ0v) is 12.6. The van der Waals surface area contributed by atoms with Crippen molar-refractivity contribution in [2.24, 2.45) is 5.92 Å². The number of hydrogen-bond acceptors (Lipinski definition) is 3. The molecule has 0 saturated carbocycles. The van der Waals surface area contributed by atoms with Crippen molar-refractivity contribution in [1.29, 1.82) is 0 Å². The van der Waals surface area contributed by atoms with Crippen molar-refractivity contribution in [3.8, 4) is 0 Å². The first-order chi connectivity index (χ1) is 8.49. The quantitative estimate of drug-likeness (QED) is 0.777. The van der Waals surface area contributed by atoms with Gasteiger partial charge in [-0.3, -0.25) is 4.79 Å². The molecule has 1 aliphatic heterocycles. The van der Waals surface area contributed by atoms with Gasteiger partial charge in [0.1, 0.15) is 0 Å². The van der Waals surface area contributed by atoms with E-state index in [0.29, 0.717) is 18.7 Å². The van der Waals surface area contributed by atoms with Gasteiger partial charge in [-0.1, -0.05) is 6.92 Å². The molecule has 0 radical (unpaired) electrons. The summed E-state index contributed by atoms with van der Waals surface area (Å²) in [5, 5.41) is 9.85. The number of hydrogen-bond donors (Lipinski definition) is 2. The van der Waals surface area contributed by atoms with Crippen LogP contribution in [0.15, 0.2) is 27.6 Å². The number of β-amino-alcohol motifs (C(OH)–C–C–N with tert-alkyl or cyclic N) is 1. The van der Waals surface area contributed by atoms with Crippen molar-refractivity contribution in [3.63, 3.8) is 0 Å². The topological polar surface area (TPSA) is 40.5 Å². The van der Waals surface area contributed by atoms with Crippen LogP contribution in [-0.4, -0.2) is 35.1 Å². The molecule has 1 amide bonds. The molecule has 2 unspecified atom stereocenters.